The van der Waals surface area contributed by atoms with Crippen LogP contribution in [0.25, 0.3) is 0 Å². The molecule has 1 aromatic carbocycles. The summed E-state index contributed by atoms with van der Waals surface area (Å²) in [5.41, 5.74) is 4.89. The first-order valence-electron chi connectivity index (χ1n) is 6.69. The van der Waals surface area contributed by atoms with E-state index in [0.29, 0.717) is 32.0 Å². The fraction of sp³-hybridized carbons (Fsp3) is 0.429. The van der Waals surface area contributed by atoms with Crippen LogP contribution in [0.3, 0.4) is 0 Å². The molecule has 3 N–H and O–H groups in total. The highest BCUT2D eigenvalue weighted by molar-refractivity contribution is 5.95. The summed E-state index contributed by atoms with van der Waals surface area (Å²) in [4.78, 5) is 24.7. The molecule has 1 aromatic rings. The van der Waals surface area contributed by atoms with Gasteiger partial charge in [-0.25, -0.2) is 8.78 Å². The fourth-order valence-corrected chi connectivity index (χ4v) is 2.41. The number of piperidine rings is 1. The predicted octanol–water partition coefficient (Wildman–Crippen LogP) is 1.29. The highest BCUT2D eigenvalue weighted by atomic mass is 19.1. The Labute approximate surface area is 121 Å². The maximum absolute atomic E-state index is 13.7. The number of nitrogens with one attached hydrogen (secondary N) is 1. The van der Waals surface area contributed by atoms with Crippen molar-refractivity contribution in [1.82, 2.24) is 10.2 Å². The molecule has 5 nitrogen and oxygen atoms in total. The summed E-state index contributed by atoms with van der Waals surface area (Å²) in [6.45, 7) is 2.25. The van der Waals surface area contributed by atoms with Crippen molar-refractivity contribution < 1.29 is 18.4 Å². The SMILES string of the molecule is CC(=O)NC1CCN(C(=O)c2cc(N)c(F)cc2F)CC1. The highest BCUT2D eigenvalue weighted by Crippen LogP contribution is 2.20. The first-order chi connectivity index (χ1) is 9.88. The molecule has 114 valence electrons. The molecule has 2 rings (SSSR count). The van der Waals surface area contributed by atoms with Gasteiger partial charge < -0.3 is 16.0 Å². The van der Waals surface area contributed by atoms with Gasteiger partial charge in [-0.05, 0) is 18.9 Å². The monoisotopic (exact) mass is 297 g/mol. The summed E-state index contributed by atoms with van der Waals surface area (Å²) >= 11 is 0. The van der Waals surface area contributed by atoms with Crippen LogP contribution in [-0.2, 0) is 4.79 Å². The number of rotatable bonds is 2. The minimum Gasteiger partial charge on any atom is -0.396 e. The Morgan fingerprint density at radius 2 is 1.86 bits per heavy atom. The van der Waals surface area contributed by atoms with E-state index in [2.05, 4.69) is 5.32 Å². The van der Waals surface area contributed by atoms with Crippen LogP contribution >= 0.6 is 0 Å². The number of amides is 2. The van der Waals surface area contributed by atoms with Crippen molar-refractivity contribution >= 4 is 17.5 Å². The second kappa shape index (κ2) is 6.07. The topological polar surface area (TPSA) is 75.4 Å². The van der Waals surface area contributed by atoms with Gasteiger partial charge >= 0.3 is 0 Å². The molecule has 1 aliphatic rings. The Kier molecular flexibility index (Phi) is 4.40. The lowest BCUT2D eigenvalue weighted by atomic mass is 10.0. The summed E-state index contributed by atoms with van der Waals surface area (Å²) in [5, 5.41) is 2.79. The van der Waals surface area contributed by atoms with E-state index >= 15 is 0 Å². The third kappa shape index (κ3) is 3.48. The van der Waals surface area contributed by atoms with E-state index in [1.54, 1.807) is 0 Å². The van der Waals surface area contributed by atoms with Crippen LogP contribution in [-0.4, -0.2) is 35.8 Å². The summed E-state index contributed by atoms with van der Waals surface area (Å²) in [7, 11) is 0. The van der Waals surface area contributed by atoms with Gasteiger partial charge in [0.05, 0.1) is 11.3 Å². The number of hydrogen-bond donors (Lipinski definition) is 2. The molecular formula is C14H17F2N3O2. The molecule has 1 fully saturated rings. The first kappa shape index (κ1) is 15.2. The molecule has 0 unspecified atom stereocenters. The quantitative estimate of drug-likeness (QED) is 0.808. The van der Waals surface area contributed by atoms with Crippen molar-refractivity contribution in [3.63, 3.8) is 0 Å². The van der Waals surface area contributed by atoms with Gasteiger partial charge in [-0.3, -0.25) is 9.59 Å². The van der Waals surface area contributed by atoms with Gasteiger partial charge in [0.15, 0.2) is 0 Å². The molecule has 7 heteroatoms. The number of carbonyl (C=O) groups excluding carboxylic acids is 2. The van der Waals surface area contributed by atoms with E-state index < -0.39 is 17.5 Å². The number of halogens is 2. The van der Waals surface area contributed by atoms with Crippen molar-refractivity contribution in [1.29, 1.82) is 0 Å². The number of nitrogen functional groups attached to an aromatic ring is 1. The zero-order chi connectivity index (χ0) is 15.6. The van der Waals surface area contributed by atoms with Crippen LogP contribution in [0.1, 0.15) is 30.1 Å². The Balaban J connectivity index is 2.05. The molecule has 0 spiro atoms. The molecule has 1 saturated heterocycles. The second-order valence-electron chi connectivity index (χ2n) is 5.12. The van der Waals surface area contributed by atoms with Gasteiger partial charge in [0.25, 0.3) is 5.91 Å². The van der Waals surface area contributed by atoms with E-state index in [1.807, 2.05) is 0 Å². The van der Waals surface area contributed by atoms with E-state index in [4.69, 9.17) is 5.73 Å². The van der Waals surface area contributed by atoms with Crippen molar-refractivity contribution in [2.75, 3.05) is 18.8 Å². The third-order valence-electron chi connectivity index (χ3n) is 3.51. The van der Waals surface area contributed by atoms with Crippen LogP contribution in [0, 0.1) is 11.6 Å². The summed E-state index contributed by atoms with van der Waals surface area (Å²) in [6.07, 6.45) is 1.20. The predicted molar refractivity (Wildman–Crippen MR) is 73.5 cm³/mol. The van der Waals surface area contributed by atoms with Gasteiger partial charge in [-0.15, -0.1) is 0 Å². The van der Waals surface area contributed by atoms with E-state index in [1.165, 1.54) is 11.8 Å². The number of hydrogen-bond acceptors (Lipinski definition) is 3. The molecule has 0 aromatic heterocycles. The molecule has 1 heterocycles. The average molecular weight is 297 g/mol. The lowest BCUT2D eigenvalue weighted by Crippen LogP contribution is -2.46. The fourth-order valence-electron chi connectivity index (χ4n) is 2.41. The zero-order valence-electron chi connectivity index (χ0n) is 11.7. The number of benzene rings is 1. The van der Waals surface area contributed by atoms with Crippen LogP contribution in [0.2, 0.25) is 0 Å². The molecule has 1 aliphatic heterocycles. The smallest absolute Gasteiger partial charge is 0.256 e. The molecular weight excluding hydrogens is 280 g/mol. The lowest BCUT2D eigenvalue weighted by Gasteiger charge is -2.32. The van der Waals surface area contributed by atoms with E-state index in [0.717, 1.165) is 6.07 Å². The van der Waals surface area contributed by atoms with Gasteiger partial charge in [0.1, 0.15) is 11.6 Å². The minimum absolute atomic E-state index is 0.0229. The minimum atomic E-state index is -0.921. The standard InChI is InChI=1S/C14H17F2N3O2/c1-8(20)18-9-2-4-19(5-3-9)14(21)10-6-13(17)12(16)7-11(10)15/h6-7,9H,2-5,17H2,1H3,(H,18,20). The molecule has 0 aliphatic carbocycles. The molecule has 0 saturated carbocycles. The lowest BCUT2D eigenvalue weighted by molar-refractivity contribution is -0.119. The molecule has 2 amide bonds. The maximum atomic E-state index is 13.7. The molecule has 0 atom stereocenters. The number of nitrogens with two attached hydrogens (primary N) is 1. The van der Waals surface area contributed by atoms with Crippen LogP contribution in [0.15, 0.2) is 12.1 Å². The third-order valence-corrected chi connectivity index (χ3v) is 3.51. The van der Waals surface area contributed by atoms with Crippen molar-refractivity contribution in [2.24, 2.45) is 0 Å². The normalized spacial score (nSPS) is 15.9. The highest BCUT2D eigenvalue weighted by Gasteiger charge is 2.26. The Morgan fingerprint density at radius 1 is 1.24 bits per heavy atom. The van der Waals surface area contributed by atoms with E-state index in [9.17, 15) is 18.4 Å². The number of likely N-dealkylation sites (tertiary alicyclic amines) is 1. The van der Waals surface area contributed by atoms with Gasteiger partial charge in [-0.1, -0.05) is 0 Å². The second-order valence-corrected chi connectivity index (χ2v) is 5.12. The molecule has 0 bridgehead atoms. The van der Waals surface area contributed by atoms with E-state index in [-0.39, 0.29) is 23.2 Å². The Morgan fingerprint density at radius 3 is 2.43 bits per heavy atom. The summed E-state index contributed by atoms with van der Waals surface area (Å²) in [5.74, 6) is -2.43. The number of carbonyl (C=O) groups is 2. The van der Waals surface area contributed by atoms with Crippen molar-refractivity contribution in [3.05, 3.63) is 29.3 Å². The maximum Gasteiger partial charge on any atom is 0.256 e. The van der Waals surface area contributed by atoms with Crippen molar-refractivity contribution in [2.45, 2.75) is 25.8 Å². The zero-order valence-corrected chi connectivity index (χ0v) is 11.7. The van der Waals surface area contributed by atoms with Crippen LogP contribution in [0.4, 0.5) is 14.5 Å². The first-order valence-corrected chi connectivity index (χ1v) is 6.69. The summed E-state index contributed by atoms with van der Waals surface area (Å²) in [6, 6.07) is 1.66. The largest absolute Gasteiger partial charge is 0.396 e. The Hall–Kier alpha value is -2.18. The number of anilines is 1. The number of nitrogens with zero attached hydrogens (tertiary/aromatic N) is 1. The Bertz CT molecular complexity index is 570. The molecule has 0 radical (unpaired) electrons. The van der Waals surface area contributed by atoms with Gasteiger partial charge in [0.2, 0.25) is 5.91 Å². The van der Waals surface area contributed by atoms with Crippen LogP contribution in [0.5, 0.6) is 0 Å². The van der Waals surface area contributed by atoms with Crippen molar-refractivity contribution in [3.8, 4) is 0 Å². The summed E-state index contributed by atoms with van der Waals surface area (Å²) < 4.78 is 26.8. The average Bonchev–Trinajstić information content (AvgIpc) is 2.42. The molecule has 21 heavy (non-hydrogen) atoms. The van der Waals surface area contributed by atoms with Gasteiger partial charge in [0, 0.05) is 32.1 Å². The van der Waals surface area contributed by atoms with Crippen LogP contribution < -0.4 is 11.1 Å². The van der Waals surface area contributed by atoms with Gasteiger partial charge in [-0.2, -0.15) is 0 Å².